The van der Waals surface area contributed by atoms with Crippen LogP contribution in [0, 0.1) is 18.7 Å². The van der Waals surface area contributed by atoms with Crippen LogP contribution < -0.4 is 4.74 Å². The Morgan fingerprint density at radius 1 is 1.25 bits per heavy atom. The van der Waals surface area contributed by atoms with E-state index in [1.165, 1.54) is 12.1 Å². The van der Waals surface area contributed by atoms with E-state index in [0.717, 1.165) is 28.4 Å². The summed E-state index contributed by atoms with van der Waals surface area (Å²) in [5, 5.41) is 10.7. The standard InChI is InChI=1S/C26H31FN2O6S/c1-15(26(30)31)14-29-16(2)13-19-18-7-5-6-8-21(18)28-24(19)25(29)23-17(3)22(10-9-20(23)27)34-11-12-35-36(4,32)33/h5-10,15-16,25,28H,11-14H2,1-4H3,(H,30,31)/t15-,16+,25+/m0/s1. The lowest BCUT2D eigenvalue weighted by Gasteiger charge is -2.42. The fourth-order valence-corrected chi connectivity index (χ4v) is 5.37. The molecule has 1 aliphatic rings. The number of benzene rings is 2. The molecule has 2 N–H and O–H groups in total. The number of nitrogens with one attached hydrogen (secondary N) is 1. The number of aromatic amines is 1. The minimum Gasteiger partial charge on any atom is -0.491 e. The first kappa shape index (κ1) is 26.1. The zero-order valence-corrected chi connectivity index (χ0v) is 21.6. The molecular weight excluding hydrogens is 487 g/mol. The van der Waals surface area contributed by atoms with Crippen LogP contribution in [0.15, 0.2) is 36.4 Å². The van der Waals surface area contributed by atoms with Crippen molar-refractivity contribution >= 4 is 27.0 Å². The van der Waals surface area contributed by atoms with Gasteiger partial charge in [0.1, 0.15) is 24.8 Å². The maximum atomic E-state index is 15.6. The fourth-order valence-electron chi connectivity index (χ4n) is 5.00. The van der Waals surface area contributed by atoms with E-state index in [9.17, 15) is 18.3 Å². The van der Waals surface area contributed by atoms with Crippen molar-refractivity contribution in [3.05, 3.63) is 64.6 Å². The molecule has 0 amide bonds. The molecule has 4 rings (SSSR count). The van der Waals surface area contributed by atoms with Crippen LogP contribution in [0.4, 0.5) is 4.39 Å². The van der Waals surface area contributed by atoms with Gasteiger partial charge in [-0.15, -0.1) is 0 Å². The average molecular weight is 519 g/mol. The maximum Gasteiger partial charge on any atom is 0.307 e. The average Bonchev–Trinajstić information content (AvgIpc) is 3.17. The molecule has 0 radical (unpaired) electrons. The molecule has 0 aliphatic carbocycles. The van der Waals surface area contributed by atoms with Gasteiger partial charge in [-0.3, -0.25) is 13.9 Å². The van der Waals surface area contributed by atoms with Gasteiger partial charge in [0, 0.05) is 34.7 Å². The molecule has 0 unspecified atom stereocenters. The Bertz CT molecular complexity index is 1390. The Morgan fingerprint density at radius 2 is 1.97 bits per heavy atom. The van der Waals surface area contributed by atoms with Crippen LogP contribution in [0.1, 0.15) is 42.3 Å². The van der Waals surface area contributed by atoms with Crippen molar-refractivity contribution in [1.29, 1.82) is 0 Å². The molecule has 0 saturated heterocycles. The van der Waals surface area contributed by atoms with Crippen molar-refractivity contribution in [2.75, 3.05) is 26.0 Å². The number of carbonyl (C=O) groups is 1. The topological polar surface area (TPSA) is 109 Å². The lowest BCUT2D eigenvalue weighted by atomic mass is 9.86. The first-order valence-electron chi connectivity index (χ1n) is 11.8. The Hall–Kier alpha value is -2.95. The molecule has 1 aliphatic heterocycles. The molecule has 10 heteroatoms. The van der Waals surface area contributed by atoms with E-state index in [1.807, 2.05) is 36.1 Å². The first-order chi connectivity index (χ1) is 17.0. The zero-order valence-electron chi connectivity index (χ0n) is 20.7. The molecule has 0 spiro atoms. The predicted octanol–water partition coefficient (Wildman–Crippen LogP) is 4.03. The normalized spacial score (nSPS) is 19.2. The van der Waals surface area contributed by atoms with Crippen molar-refractivity contribution in [3.8, 4) is 5.75 Å². The molecule has 3 atom stereocenters. The number of hydrogen-bond acceptors (Lipinski definition) is 6. The highest BCUT2D eigenvalue weighted by Crippen LogP contribution is 2.44. The second-order valence-corrected chi connectivity index (χ2v) is 11.1. The maximum absolute atomic E-state index is 15.6. The fraction of sp³-hybridized carbons (Fsp3) is 0.423. The number of carboxylic acid groups (broad SMARTS) is 1. The van der Waals surface area contributed by atoms with E-state index in [4.69, 9.17) is 8.92 Å². The van der Waals surface area contributed by atoms with Gasteiger partial charge in [0.25, 0.3) is 10.1 Å². The monoisotopic (exact) mass is 518 g/mol. The van der Waals surface area contributed by atoms with Gasteiger partial charge < -0.3 is 14.8 Å². The summed E-state index contributed by atoms with van der Waals surface area (Å²) in [6, 6.07) is 10.1. The van der Waals surface area contributed by atoms with Crippen molar-refractivity contribution in [1.82, 2.24) is 9.88 Å². The van der Waals surface area contributed by atoms with Gasteiger partial charge in [-0.2, -0.15) is 8.42 Å². The smallest absolute Gasteiger partial charge is 0.307 e. The van der Waals surface area contributed by atoms with Gasteiger partial charge in [0.15, 0.2) is 0 Å². The van der Waals surface area contributed by atoms with Crippen molar-refractivity contribution < 1.29 is 31.6 Å². The molecule has 194 valence electrons. The second kappa shape index (κ2) is 10.2. The number of rotatable bonds is 9. The highest BCUT2D eigenvalue weighted by atomic mass is 32.2. The first-order valence-corrected chi connectivity index (χ1v) is 13.6. The molecule has 0 bridgehead atoms. The van der Waals surface area contributed by atoms with E-state index in [-0.39, 0.29) is 25.8 Å². The lowest BCUT2D eigenvalue weighted by molar-refractivity contribution is -0.142. The summed E-state index contributed by atoms with van der Waals surface area (Å²) in [5.41, 5.74) is 3.83. The SMILES string of the molecule is Cc1c(OCCOS(C)(=O)=O)ccc(F)c1[C@@H]1c2[nH]c3ccccc3c2C[C@@H](C)N1C[C@H](C)C(=O)O. The number of H-pyrrole nitrogens is 1. The van der Waals surface area contributed by atoms with Crippen LogP contribution >= 0.6 is 0 Å². The number of ether oxygens (including phenoxy) is 1. The van der Waals surface area contributed by atoms with Crippen molar-refractivity contribution in [2.45, 2.75) is 39.3 Å². The molecule has 1 aromatic heterocycles. The van der Waals surface area contributed by atoms with Crippen LogP contribution in [0.25, 0.3) is 10.9 Å². The number of aromatic nitrogens is 1. The van der Waals surface area contributed by atoms with Gasteiger partial charge in [-0.25, -0.2) is 4.39 Å². The van der Waals surface area contributed by atoms with E-state index in [2.05, 4.69) is 4.98 Å². The summed E-state index contributed by atoms with van der Waals surface area (Å²) in [5.74, 6) is -1.59. The van der Waals surface area contributed by atoms with Crippen LogP contribution in [-0.4, -0.2) is 61.4 Å². The summed E-state index contributed by atoms with van der Waals surface area (Å²) < 4.78 is 48.6. The summed E-state index contributed by atoms with van der Waals surface area (Å²) in [6.07, 6.45) is 1.66. The molecular formula is C26H31FN2O6S. The Morgan fingerprint density at radius 3 is 2.67 bits per heavy atom. The Kier molecular flexibility index (Phi) is 7.40. The predicted molar refractivity (Wildman–Crippen MR) is 134 cm³/mol. The van der Waals surface area contributed by atoms with E-state index in [1.54, 1.807) is 13.8 Å². The molecule has 2 heterocycles. The molecule has 2 aromatic carbocycles. The van der Waals surface area contributed by atoms with E-state index in [0.29, 0.717) is 23.3 Å². The van der Waals surface area contributed by atoms with Gasteiger partial charge in [-0.1, -0.05) is 25.1 Å². The third-order valence-corrected chi connectivity index (χ3v) is 7.34. The zero-order chi connectivity index (χ0) is 26.2. The largest absolute Gasteiger partial charge is 0.491 e. The van der Waals surface area contributed by atoms with Crippen LogP contribution in [-0.2, 0) is 25.5 Å². The minimum absolute atomic E-state index is 0.0303. The summed E-state index contributed by atoms with van der Waals surface area (Å²) >= 11 is 0. The summed E-state index contributed by atoms with van der Waals surface area (Å²) in [6.45, 7) is 5.48. The Balaban J connectivity index is 1.80. The second-order valence-electron chi connectivity index (χ2n) is 9.41. The van der Waals surface area contributed by atoms with Crippen molar-refractivity contribution in [3.63, 3.8) is 0 Å². The van der Waals surface area contributed by atoms with Gasteiger partial charge in [0.2, 0.25) is 0 Å². The van der Waals surface area contributed by atoms with E-state index < -0.39 is 33.9 Å². The number of para-hydroxylation sites is 1. The van der Waals surface area contributed by atoms with Crippen LogP contribution in [0.2, 0.25) is 0 Å². The molecule has 0 saturated carbocycles. The van der Waals surface area contributed by atoms with Crippen LogP contribution in [0.3, 0.4) is 0 Å². The number of fused-ring (bicyclic) bond motifs is 3. The molecule has 0 fully saturated rings. The van der Waals surface area contributed by atoms with Crippen LogP contribution in [0.5, 0.6) is 5.75 Å². The van der Waals surface area contributed by atoms with E-state index >= 15 is 4.39 Å². The Labute approximate surface area is 210 Å². The highest BCUT2D eigenvalue weighted by Gasteiger charge is 2.39. The summed E-state index contributed by atoms with van der Waals surface area (Å²) in [4.78, 5) is 17.2. The molecule has 36 heavy (non-hydrogen) atoms. The number of aliphatic carboxylic acids is 1. The molecule has 3 aromatic rings. The third kappa shape index (κ3) is 5.25. The van der Waals surface area contributed by atoms with Gasteiger partial charge in [-0.05, 0) is 49.6 Å². The summed E-state index contributed by atoms with van der Waals surface area (Å²) in [7, 11) is -3.60. The lowest BCUT2D eigenvalue weighted by Crippen LogP contribution is -2.46. The number of hydrogen-bond donors (Lipinski definition) is 2. The quantitative estimate of drug-likeness (QED) is 0.325. The number of nitrogens with zero attached hydrogens (tertiary/aromatic N) is 1. The number of carboxylic acids is 1. The van der Waals surface area contributed by atoms with Crippen molar-refractivity contribution in [2.24, 2.45) is 5.92 Å². The third-order valence-electron chi connectivity index (χ3n) is 6.75. The highest BCUT2D eigenvalue weighted by molar-refractivity contribution is 7.85. The number of halogens is 1. The van der Waals surface area contributed by atoms with Gasteiger partial charge >= 0.3 is 5.97 Å². The molecule has 8 nitrogen and oxygen atoms in total. The van der Waals surface area contributed by atoms with Gasteiger partial charge in [0.05, 0.1) is 18.2 Å². The minimum atomic E-state index is -3.60.